The van der Waals surface area contributed by atoms with Gasteiger partial charge in [0, 0.05) is 26.8 Å². The van der Waals surface area contributed by atoms with E-state index < -0.39 is 0 Å². The summed E-state index contributed by atoms with van der Waals surface area (Å²) < 4.78 is 47.6. The van der Waals surface area contributed by atoms with Gasteiger partial charge in [0.05, 0.1) is 53.7 Å². The van der Waals surface area contributed by atoms with Gasteiger partial charge in [0.2, 0.25) is 0 Å². The molecule has 0 N–H and O–H groups in total. The summed E-state index contributed by atoms with van der Waals surface area (Å²) in [5, 5.41) is 3.19. The number of hydrogen-bond donors (Lipinski definition) is 0. The van der Waals surface area contributed by atoms with E-state index in [1.807, 2.05) is 0 Å². The number of thiophene rings is 2. The molecule has 2 aliphatic carbocycles. The van der Waals surface area contributed by atoms with Gasteiger partial charge in [-0.05, 0) is 113 Å². The topological polar surface area (TPSA) is 87.4 Å². The van der Waals surface area contributed by atoms with E-state index in [2.05, 4.69) is 140 Å². The van der Waals surface area contributed by atoms with Crippen LogP contribution in [-0.2, 0) is 22.2 Å². The predicted molar refractivity (Wildman–Crippen MR) is 365 cm³/mol. The fraction of sp³-hybridized carbons (Fsp3) is 0.449. The molecule has 0 bridgehead atoms. The monoisotopic (exact) mass is 1390 g/mol. The van der Waals surface area contributed by atoms with Crippen molar-refractivity contribution >= 4 is 116 Å². The van der Waals surface area contributed by atoms with E-state index in [1.165, 1.54) is 177 Å². The summed E-state index contributed by atoms with van der Waals surface area (Å²) in [5.74, 6) is 3.07. The quantitative estimate of drug-likeness (QED) is 0.0359. The number of fused-ring (bicyclic) bond motifs is 10. The Morgan fingerprint density at radius 1 is 0.417 bits per heavy atom. The Balaban J connectivity index is 0.906. The highest BCUT2D eigenvalue weighted by molar-refractivity contribution is 9.09. The van der Waals surface area contributed by atoms with Crippen molar-refractivity contribution in [2.24, 2.45) is 8.73 Å². The predicted octanol–water partition coefficient (Wildman–Crippen LogP) is 22.7. The van der Waals surface area contributed by atoms with Crippen LogP contribution in [0.25, 0.3) is 75.0 Å². The average molecular weight is 1390 g/mol. The minimum atomic E-state index is -0.0680. The van der Waals surface area contributed by atoms with Gasteiger partial charge in [0.1, 0.15) is 48.8 Å². The van der Waals surface area contributed by atoms with Crippen molar-refractivity contribution in [3.63, 3.8) is 0 Å². The van der Waals surface area contributed by atoms with Crippen LogP contribution >= 0.6 is 82.2 Å². The van der Waals surface area contributed by atoms with Gasteiger partial charge in [-0.1, -0.05) is 217 Å². The molecule has 3 aliphatic heterocycles. The Morgan fingerprint density at radius 3 is 1.19 bits per heavy atom. The second-order valence-corrected chi connectivity index (χ2v) is 28.9. The van der Waals surface area contributed by atoms with Crippen LogP contribution in [0.2, 0.25) is 0 Å². The van der Waals surface area contributed by atoms with Gasteiger partial charge in [0.25, 0.3) is 0 Å². The number of benzene rings is 5. The molecule has 1 unspecified atom stereocenters. The van der Waals surface area contributed by atoms with Crippen molar-refractivity contribution < 1.29 is 18.9 Å². The Bertz CT molecular complexity index is 3510. The molecule has 5 aromatic carbocycles. The molecule has 6 heterocycles. The van der Waals surface area contributed by atoms with Crippen molar-refractivity contribution in [1.82, 2.24) is 8.75 Å². The van der Waals surface area contributed by atoms with Crippen LogP contribution in [0.4, 0.5) is 11.4 Å². The highest BCUT2D eigenvalue weighted by atomic mass is 79.9. The van der Waals surface area contributed by atoms with E-state index in [0.29, 0.717) is 26.4 Å². The molecule has 1 atom stereocenters. The Labute approximate surface area is 536 Å². The zero-order valence-electron chi connectivity index (χ0n) is 48.1. The fourth-order valence-corrected chi connectivity index (χ4v) is 19.2. The second-order valence-electron chi connectivity index (χ2n) is 23.4. The van der Waals surface area contributed by atoms with Crippen LogP contribution < -0.4 is 18.9 Å². The molecule has 15 heteroatoms. The molecule has 8 aromatic rings. The summed E-state index contributed by atoms with van der Waals surface area (Å²) in [5.41, 5.74) is 18.5. The van der Waals surface area contributed by atoms with Crippen LogP contribution in [0.5, 0.6) is 23.0 Å². The Morgan fingerprint density at radius 2 is 0.786 bits per heavy atom. The number of unbranched alkanes of at least 4 members (excludes halogenated alkanes) is 13. The summed E-state index contributed by atoms with van der Waals surface area (Å²) in [6.45, 7) is 4.16. The van der Waals surface area contributed by atoms with Crippen LogP contribution in [0, 0.1) is 0 Å². The van der Waals surface area contributed by atoms with Gasteiger partial charge < -0.3 is 18.9 Å². The van der Waals surface area contributed by atoms with Crippen LogP contribution in [-0.4, -0.2) is 51.2 Å². The zero-order chi connectivity index (χ0) is 57.0. The number of ether oxygens (including phenoxy) is 4. The molecule has 0 fully saturated rings. The van der Waals surface area contributed by atoms with Gasteiger partial charge >= 0.3 is 0 Å². The molecule has 5 aliphatic rings. The van der Waals surface area contributed by atoms with Gasteiger partial charge in [0.15, 0.2) is 23.0 Å². The largest absolute Gasteiger partial charge is 0.485 e. The molecule has 3 aromatic heterocycles. The third-order valence-corrected chi connectivity index (χ3v) is 23.6. The molecule has 8 nitrogen and oxygen atoms in total. The lowest BCUT2D eigenvalue weighted by atomic mass is 9.70. The zero-order valence-corrected chi connectivity index (χ0v) is 56.1. The standard InChI is InChI=1S/C69H73Br3N4O4S4/c1-2-3-4-5-16-31-68(32-17-6-9-20-35-70)50-25-14-12-23-46(50)48-29-27-44(42-52(48)68)64-60-62(79-40-38-77-60)66(81-64)54-56-58(75-83-73-56)55(59-57(54)74-84-76-59)67-63-61(78-39-41-80-63)65(82-67)45-28-30-49-47-24-13-15-26-51(47)69(53(49)43-45,33-18-7-10-21-36-71)34-19-8-11-22-37-72/h12-15,23-30,42-43H,2-11,16-22,31-41H2,1H3. The number of hydrogen-bond acceptors (Lipinski definition) is 11. The van der Waals surface area contributed by atoms with Crippen LogP contribution in [0.1, 0.15) is 164 Å². The van der Waals surface area contributed by atoms with Gasteiger partial charge in [-0.25, -0.2) is 0 Å². The molecule has 13 rings (SSSR count). The SMILES string of the molecule is CCCCCCCC1(CCCCCCBr)c2ccccc2-c2ccc(-c3sc(-c4c5c(c(-c6sc(-c7ccc8c(c7)C(CCCCCCBr)(CCCCCCBr)c7ccccc7-8)c7c6OCCO7)c6nsnc46)N=S=N5)c4c3OCCO4)cc21. The van der Waals surface area contributed by atoms with Crippen LogP contribution in [0.3, 0.4) is 0 Å². The molecule has 84 heavy (non-hydrogen) atoms. The molecule has 0 radical (unpaired) electrons. The third kappa shape index (κ3) is 10.8. The number of alkyl halides is 3. The number of rotatable bonds is 28. The molecule has 0 saturated carbocycles. The first kappa shape index (κ1) is 58.8. The minimum Gasteiger partial charge on any atom is -0.485 e. The third-order valence-electron chi connectivity index (χ3n) is 18.4. The van der Waals surface area contributed by atoms with E-state index in [4.69, 9.17) is 36.4 Å². The van der Waals surface area contributed by atoms with Crippen molar-refractivity contribution in [3.05, 3.63) is 107 Å². The summed E-state index contributed by atoms with van der Waals surface area (Å²) in [6, 6.07) is 33.0. The lowest BCUT2D eigenvalue weighted by molar-refractivity contribution is 0.175. The number of halogens is 3. The van der Waals surface area contributed by atoms with Crippen molar-refractivity contribution in [1.29, 1.82) is 0 Å². The summed E-state index contributed by atoms with van der Waals surface area (Å²) in [7, 11) is 0. The van der Waals surface area contributed by atoms with Gasteiger partial charge in [-0.3, -0.25) is 0 Å². The maximum absolute atomic E-state index is 6.75. The molecular formula is C69H73Br3N4O4S4. The van der Waals surface area contributed by atoms with E-state index in [1.54, 1.807) is 22.7 Å². The normalized spacial score (nSPS) is 16.4. The summed E-state index contributed by atoms with van der Waals surface area (Å²) >= 11 is 17.0. The lowest BCUT2D eigenvalue weighted by Gasteiger charge is -2.33. The molecular weight excluding hydrogens is 1320 g/mol. The highest BCUT2D eigenvalue weighted by Gasteiger charge is 2.45. The van der Waals surface area contributed by atoms with E-state index >= 15 is 0 Å². The Hall–Kier alpha value is -4.22. The fourth-order valence-electron chi connectivity index (χ4n) is 14.5. The Kier molecular flexibility index (Phi) is 18.6. The maximum Gasteiger partial charge on any atom is 0.180 e. The smallest absolute Gasteiger partial charge is 0.180 e. The molecule has 0 amide bonds. The van der Waals surface area contributed by atoms with Crippen molar-refractivity contribution in [2.75, 3.05) is 42.4 Å². The first-order chi connectivity index (χ1) is 41.5. The van der Waals surface area contributed by atoms with E-state index in [9.17, 15) is 0 Å². The average Bonchev–Trinajstić information content (AvgIpc) is 4.01. The maximum atomic E-state index is 6.75. The summed E-state index contributed by atoms with van der Waals surface area (Å²) in [4.78, 5) is 4.02. The molecule has 438 valence electrons. The minimum absolute atomic E-state index is 0.0575. The summed E-state index contributed by atoms with van der Waals surface area (Å²) in [6.07, 6.45) is 25.6. The van der Waals surface area contributed by atoms with Crippen molar-refractivity contribution in [2.45, 2.75) is 153 Å². The van der Waals surface area contributed by atoms with E-state index in [0.717, 1.165) is 129 Å². The van der Waals surface area contributed by atoms with E-state index in [-0.39, 0.29) is 10.8 Å². The van der Waals surface area contributed by atoms with Crippen molar-refractivity contribution in [3.8, 4) is 87.0 Å². The molecule has 0 spiro atoms. The van der Waals surface area contributed by atoms with Crippen LogP contribution in [0.15, 0.2) is 93.7 Å². The van der Waals surface area contributed by atoms with Gasteiger partial charge in [-0.15, -0.1) is 22.7 Å². The number of aromatic nitrogens is 2. The highest BCUT2D eigenvalue weighted by Crippen LogP contribution is 2.65. The first-order valence-corrected chi connectivity index (χ1v) is 37.4. The lowest BCUT2D eigenvalue weighted by Crippen LogP contribution is -2.25. The second kappa shape index (κ2) is 26.6. The van der Waals surface area contributed by atoms with Gasteiger partial charge in [-0.2, -0.15) is 17.5 Å². The molecule has 0 saturated heterocycles. The number of nitrogens with zero attached hydrogens (tertiary/aromatic N) is 4. The first-order valence-electron chi connectivity index (χ1n) is 31.0.